The summed E-state index contributed by atoms with van der Waals surface area (Å²) in [5, 5.41) is 0. The molecule has 3 nitrogen and oxygen atoms in total. The van der Waals surface area contributed by atoms with Crippen LogP contribution in [0.5, 0.6) is 0 Å². The van der Waals surface area contributed by atoms with Crippen LogP contribution in [0.15, 0.2) is 30.3 Å². The van der Waals surface area contributed by atoms with Gasteiger partial charge in [-0.15, -0.1) is 0 Å². The molecular formula is C26H36F3NO2. The van der Waals surface area contributed by atoms with E-state index in [1.54, 1.807) is 13.2 Å². The first-order valence-corrected chi connectivity index (χ1v) is 11.9. The standard InChI is InChI=1S/C26H36F3NO2/c1-32-19-25(31)7-2-4-20-8-10-21(11-9-20)12-15-30-16-13-22(14-17-30)23-5-3-6-24(18-23)26(27,28)29/h3,5-6,13,18,20-21H,2,4,7-12,14-17,19H2,1H3. The van der Waals surface area contributed by atoms with Gasteiger partial charge in [0.1, 0.15) is 6.61 Å². The number of nitrogens with zero attached hydrogens (tertiary/aromatic N) is 1. The fourth-order valence-electron chi connectivity index (χ4n) is 5.07. The minimum absolute atomic E-state index is 0.202. The molecule has 1 saturated carbocycles. The van der Waals surface area contributed by atoms with Crippen LogP contribution in [0, 0.1) is 11.8 Å². The Labute approximate surface area is 190 Å². The summed E-state index contributed by atoms with van der Waals surface area (Å²) in [7, 11) is 1.56. The number of carbonyl (C=O) groups excluding carboxylic acids is 1. The highest BCUT2D eigenvalue weighted by Gasteiger charge is 2.30. The number of hydrogen-bond donors (Lipinski definition) is 0. The molecular weight excluding hydrogens is 415 g/mol. The molecule has 3 rings (SSSR count). The Kier molecular flexibility index (Phi) is 9.35. The van der Waals surface area contributed by atoms with E-state index in [-0.39, 0.29) is 12.4 Å². The number of ether oxygens (including phenoxy) is 1. The van der Waals surface area contributed by atoms with E-state index in [2.05, 4.69) is 11.0 Å². The largest absolute Gasteiger partial charge is 0.416 e. The Hall–Kier alpha value is -1.66. The maximum absolute atomic E-state index is 13.0. The summed E-state index contributed by atoms with van der Waals surface area (Å²) in [5.41, 5.74) is 1.15. The SMILES string of the molecule is COCC(=O)CCCC1CCC(CCN2CC=C(c3cccc(C(F)(F)F)c3)CC2)CC1. The van der Waals surface area contributed by atoms with Crippen LogP contribution in [0.2, 0.25) is 0 Å². The molecule has 0 radical (unpaired) electrons. The summed E-state index contributed by atoms with van der Waals surface area (Å²) in [4.78, 5) is 14.0. The Balaban J connectivity index is 1.35. The lowest BCUT2D eigenvalue weighted by Gasteiger charge is -2.32. The van der Waals surface area contributed by atoms with E-state index in [1.807, 2.05) is 0 Å². The predicted molar refractivity (Wildman–Crippen MR) is 121 cm³/mol. The molecule has 0 N–H and O–H groups in total. The Morgan fingerprint density at radius 2 is 1.84 bits per heavy atom. The highest BCUT2D eigenvalue weighted by atomic mass is 19.4. The summed E-state index contributed by atoms with van der Waals surface area (Å²) in [6.45, 7) is 3.02. The zero-order valence-corrected chi connectivity index (χ0v) is 19.1. The number of Topliss-reactive ketones (excluding diaryl/α,β-unsaturated/α-hetero) is 1. The lowest BCUT2D eigenvalue weighted by atomic mass is 9.78. The third kappa shape index (κ3) is 7.73. The first-order chi connectivity index (χ1) is 15.3. The summed E-state index contributed by atoms with van der Waals surface area (Å²) >= 11 is 0. The minimum atomic E-state index is -4.29. The summed E-state index contributed by atoms with van der Waals surface area (Å²) < 4.78 is 43.8. The minimum Gasteiger partial charge on any atom is -0.377 e. The molecule has 1 aliphatic heterocycles. The van der Waals surface area contributed by atoms with Crippen LogP contribution < -0.4 is 0 Å². The van der Waals surface area contributed by atoms with Gasteiger partial charge in [0.2, 0.25) is 0 Å². The van der Waals surface area contributed by atoms with Crippen molar-refractivity contribution in [2.24, 2.45) is 11.8 Å². The second-order valence-electron chi connectivity index (χ2n) is 9.40. The number of carbonyl (C=O) groups is 1. The van der Waals surface area contributed by atoms with Crippen molar-refractivity contribution in [2.75, 3.05) is 33.4 Å². The molecule has 32 heavy (non-hydrogen) atoms. The number of halogens is 3. The van der Waals surface area contributed by atoms with Crippen molar-refractivity contribution < 1.29 is 22.7 Å². The molecule has 0 saturated heterocycles. The van der Waals surface area contributed by atoms with Gasteiger partial charge in [-0.25, -0.2) is 0 Å². The molecule has 0 bridgehead atoms. The van der Waals surface area contributed by atoms with Gasteiger partial charge >= 0.3 is 6.18 Å². The fourth-order valence-corrected chi connectivity index (χ4v) is 5.07. The highest BCUT2D eigenvalue weighted by Crippen LogP contribution is 2.35. The van der Waals surface area contributed by atoms with E-state index in [4.69, 9.17) is 4.74 Å². The van der Waals surface area contributed by atoms with Crippen molar-refractivity contribution in [2.45, 2.75) is 64.0 Å². The number of methoxy groups -OCH3 is 1. The van der Waals surface area contributed by atoms with Crippen LogP contribution in [0.1, 0.15) is 68.9 Å². The second-order valence-corrected chi connectivity index (χ2v) is 9.40. The van der Waals surface area contributed by atoms with Gasteiger partial charge in [-0.05, 0) is 60.9 Å². The first-order valence-electron chi connectivity index (χ1n) is 11.9. The number of benzene rings is 1. The average Bonchev–Trinajstić information content (AvgIpc) is 2.79. The quantitative estimate of drug-likeness (QED) is 0.414. The molecule has 1 aromatic carbocycles. The van der Waals surface area contributed by atoms with Crippen LogP contribution in [-0.4, -0.2) is 44.0 Å². The molecule has 0 aromatic heterocycles. The van der Waals surface area contributed by atoms with Crippen LogP contribution in [-0.2, 0) is 15.7 Å². The fraction of sp³-hybridized carbons (Fsp3) is 0.654. The smallest absolute Gasteiger partial charge is 0.377 e. The van der Waals surface area contributed by atoms with Crippen molar-refractivity contribution in [3.05, 3.63) is 41.5 Å². The van der Waals surface area contributed by atoms with Crippen LogP contribution in [0.25, 0.3) is 5.57 Å². The van der Waals surface area contributed by atoms with Gasteiger partial charge < -0.3 is 4.74 Å². The molecule has 0 atom stereocenters. The number of ketones is 1. The first kappa shape index (κ1) is 25.0. The highest BCUT2D eigenvalue weighted by molar-refractivity contribution is 5.79. The summed E-state index contributed by atoms with van der Waals surface area (Å²) in [5.74, 6) is 1.73. The molecule has 1 fully saturated rings. The maximum Gasteiger partial charge on any atom is 0.416 e. The van der Waals surface area contributed by atoms with Gasteiger partial charge in [0.15, 0.2) is 5.78 Å². The molecule has 0 spiro atoms. The third-order valence-corrected chi connectivity index (χ3v) is 7.05. The van der Waals surface area contributed by atoms with Gasteiger partial charge in [0.25, 0.3) is 0 Å². The van der Waals surface area contributed by atoms with Gasteiger partial charge in [0.05, 0.1) is 5.56 Å². The Bertz CT molecular complexity index is 767. The van der Waals surface area contributed by atoms with Crippen molar-refractivity contribution in [3.8, 4) is 0 Å². The molecule has 0 amide bonds. The molecule has 178 valence electrons. The van der Waals surface area contributed by atoms with Gasteiger partial charge in [-0.3, -0.25) is 9.69 Å². The van der Waals surface area contributed by atoms with Gasteiger partial charge in [0, 0.05) is 26.6 Å². The second kappa shape index (κ2) is 12.0. The maximum atomic E-state index is 13.0. The van der Waals surface area contributed by atoms with Gasteiger partial charge in [-0.2, -0.15) is 13.2 Å². The summed E-state index contributed by atoms with van der Waals surface area (Å²) in [6, 6.07) is 5.68. The third-order valence-electron chi connectivity index (χ3n) is 7.05. The van der Waals surface area contributed by atoms with E-state index in [1.165, 1.54) is 44.2 Å². The number of rotatable bonds is 10. The normalized spacial score (nSPS) is 22.6. The zero-order chi connectivity index (χ0) is 23.0. The van der Waals surface area contributed by atoms with E-state index < -0.39 is 11.7 Å². The predicted octanol–water partition coefficient (Wildman–Crippen LogP) is 6.38. The zero-order valence-electron chi connectivity index (χ0n) is 19.1. The van der Waals surface area contributed by atoms with Crippen LogP contribution in [0.3, 0.4) is 0 Å². The van der Waals surface area contributed by atoms with Crippen LogP contribution in [0.4, 0.5) is 13.2 Å². The lowest BCUT2D eigenvalue weighted by molar-refractivity contribution is -0.137. The average molecular weight is 452 g/mol. The van der Waals surface area contributed by atoms with Gasteiger partial charge in [-0.1, -0.05) is 50.3 Å². The Morgan fingerprint density at radius 3 is 2.47 bits per heavy atom. The topological polar surface area (TPSA) is 29.5 Å². The lowest BCUT2D eigenvalue weighted by Crippen LogP contribution is -2.31. The van der Waals surface area contributed by atoms with E-state index in [9.17, 15) is 18.0 Å². The van der Waals surface area contributed by atoms with Crippen LogP contribution >= 0.6 is 0 Å². The molecule has 6 heteroatoms. The van der Waals surface area contributed by atoms with Crippen molar-refractivity contribution in [1.82, 2.24) is 4.90 Å². The molecule has 1 aliphatic carbocycles. The van der Waals surface area contributed by atoms with E-state index >= 15 is 0 Å². The van der Waals surface area contributed by atoms with E-state index in [0.29, 0.717) is 12.0 Å². The van der Waals surface area contributed by atoms with Crippen molar-refractivity contribution >= 4 is 11.4 Å². The van der Waals surface area contributed by atoms with Crippen molar-refractivity contribution in [3.63, 3.8) is 0 Å². The molecule has 0 unspecified atom stereocenters. The molecule has 2 aliphatic rings. The summed E-state index contributed by atoms with van der Waals surface area (Å²) in [6.07, 6.45) is 7.65. The van der Waals surface area contributed by atoms with E-state index in [0.717, 1.165) is 62.4 Å². The number of hydrogen-bond acceptors (Lipinski definition) is 3. The monoisotopic (exact) mass is 451 g/mol. The molecule has 1 heterocycles. The number of alkyl halides is 3. The molecule has 1 aromatic rings. The Morgan fingerprint density at radius 1 is 1.12 bits per heavy atom. The van der Waals surface area contributed by atoms with Crippen molar-refractivity contribution in [1.29, 1.82) is 0 Å².